The summed E-state index contributed by atoms with van der Waals surface area (Å²) in [5, 5.41) is 10.1. The van der Waals surface area contributed by atoms with Gasteiger partial charge in [0, 0.05) is 11.9 Å². The van der Waals surface area contributed by atoms with E-state index in [1.54, 1.807) is 24.3 Å². The van der Waals surface area contributed by atoms with Crippen molar-refractivity contribution >= 4 is 16.7 Å². The van der Waals surface area contributed by atoms with Crippen LogP contribution in [0.3, 0.4) is 0 Å². The molecule has 0 bridgehead atoms. The molecule has 6 nitrogen and oxygen atoms in total. The Kier molecular flexibility index (Phi) is 4.79. The normalized spacial score (nSPS) is 10.8. The molecule has 0 aliphatic heterocycles. The predicted molar refractivity (Wildman–Crippen MR) is 95.7 cm³/mol. The van der Waals surface area contributed by atoms with Crippen LogP contribution < -0.4 is 15.6 Å². The van der Waals surface area contributed by atoms with Crippen LogP contribution in [0.5, 0.6) is 5.75 Å². The van der Waals surface area contributed by atoms with Gasteiger partial charge in [-0.25, -0.2) is 5.10 Å². The maximum Gasteiger partial charge on any atom is 0.272 e. The van der Waals surface area contributed by atoms with E-state index >= 15 is 0 Å². The van der Waals surface area contributed by atoms with Crippen molar-refractivity contribution in [1.82, 2.24) is 15.5 Å². The first-order valence-corrected chi connectivity index (χ1v) is 8.06. The van der Waals surface area contributed by atoms with Gasteiger partial charge in [-0.15, -0.1) is 0 Å². The van der Waals surface area contributed by atoms with Crippen LogP contribution in [-0.2, 0) is 6.54 Å². The Balaban J connectivity index is 1.73. The standard InChI is InChI=1S/C19H19N3O3/c1-12(2)25-14-9-7-13(8-10-14)11-20-19(24)17-15-5-3-4-6-16(15)18(23)22-21-17/h3-10,12H,11H2,1-2H3,(H,20,24)(H,22,23). The number of aromatic nitrogens is 2. The number of benzene rings is 2. The third kappa shape index (κ3) is 3.85. The third-order valence-electron chi connectivity index (χ3n) is 3.66. The molecule has 0 radical (unpaired) electrons. The minimum atomic E-state index is -0.338. The first kappa shape index (κ1) is 16.7. The lowest BCUT2D eigenvalue weighted by molar-refractivity contribution is 0.0946. The second-order valence-corrected chi connectivity index (χ2v) is 5.94. The number of hydrogen-bond acceptors (Lipinski definition) is 4. The summed E-state index contributed by atoms with van der Waals surface area (Å²) in [6.07, 6.45) is 0.116. The summed E-state index contributed by atoms with van der Waals surface area (Å²) in [5.74, 6) is 0.452. The number of H-pyrrole nitrogens is 1. The van der Waals surface area contributed by atoms with Gasteiger partial charge in [0.2, 0.25) is 0 Å². The van der Waals surface area contributed by atoms with E-state index in [1.165, 1.54) is 0 Å². The molecule has 0 saturated carbocycles. The van der Waals surface area contributed by atoms with Crippen molar-refractivity contribution in [3.63, 3.8) is 0 Å². The van der Waals surface area contributed by atoms with Crippen molar-refractivity contribution in [3.05, 3.63) is 70.1 Å². The lowest BCUT2D eigenvalue weighted by atomic mass is 10.1. The molecular weight excluding hydrogens is 318 g/mol. The van der Waals surface area contributed by atoms with Gasteiger partial charge in [0.1, 0.15) is 5.75 Å². The topological polar surface area (TPSA) is 84.1 Å². The Hall–Kier alpha value is -3.15. The molecule has 25 heavy (non-hydrogen) atoms. The van der Waals surface area contributed by atoms with E-state index < -0.39 is 0 Å². The summed E-state index contributed by atoms with van der Waals surface area (Å²) in [6, 6.07) is 14.4. The summed E-state index contributed by atoms with van der Waals surface area (Å²) >= 11 is 0. The number of carbonyl (C=O) groups is 1. The van der Waals surface area contributed by atoms with Gasteiger partial charge in [-0.3, -0.25) is 9.59 Å². The molecule has 0 saturated heterocycles. The SMILES string of the molecule is CC(C)Oc1ccc(CNC(=O)c2n[nH]c(=O)c3ccccc23)cc1. The van der Waals surface area contributed by atoms with Gasteiger partial charge in [-0.05, 0) is 37.6 Å². The Bertz CT molecular complexity index is 946. The summed E-state index contributed by atoms with van der Waals surface area (Å²) in [7, 11) is 0. The van der Waals surface area contributed by atoms with Crippen molar-refractivity contribution in [3.8, 4) is 5.75 Å². The maximum absolute atomic E-state index is 12.4. The second-order valence-electron chi connectivity index (χ2n) is 5.94. The molecule has 6 heteroatoms. The fourth-order valence-corrected chi connectivity index (χ4v) is 2.51. The number of fused-ring (bicyclic) bond motifs is 1. The Morgan fingerprint density at radius 1 is 1.12 bits per heavy atom. The molecule has 128 valence electrons. The Morgan fingerprint density at radius 2 is 1.80 bits per heavy atom. The zero-order valence-electron chi connectivity index (χ0n) is 14.1. The summed E-state index contributed by atoms with van der Waals surface area (Å²) < 4.78 is 5.59. The minimum absolute atomic E-state index is 0.116. The highest BCUT2D eigenvalue weighted by molar-refractivity contribution is 6.04. The van der Waals surface area contributed by atoms with Gasteiger partial charge in [0.25, 0.3) is 11.5 Å². The van der Waals surface area contributed by atoms with Crippen molar-refractivity contribution in [2.24, 2.45) is 0 Å². The summed E-state index contributed by atoms with van der Waals surface area (Å²) in [6.45, 7) is 4.29. The van der Waals surface area contributed by atoms with Crippen molar-refractivity contribution in [2.45, 2.75) is 26.5 Å². The number of amides is 1. The van der Waals surface area contributed by atoms with Gasteiger partial charge in [-0.1, -0.05) is 30.3 Å². The average molecular weight is 337 g/mol. The van der Waals surface area contributed by atoms with Crippen LogP contribution in [0.1, 0.15) is 29.9 Å². The molecule has 0 unspecified atom stereocenters. The summed E-state index contributed by atoms with van der Waals surface area (Å²) in [4.78, 5) is 24.2. The highest BCUT2D eigenvalue weighted by atomic mass is 16.5. The van der Waals surface area contributed by atoms with Crippen LogP contribution in [0.4, 0.5) is 0 Å². The lowest BCUT2D eigenvalue weighted by Gasteiger charge is -2.10. The largest absolute Gasteiger partial charge is 0.491 e. The number of nitrogens with zero attached hydrogens (tertiary/aromatic N) is 1. The van der Waals surface area contributed by atoms with Crippen molar-refractivity contribution < 1.29 is 9.53 Å². The zero-order chi connectivity index (χ0) is 17.8. The van der Waals surface area contributed by atoms with Crippen LogP contribution in [0.15, 0.2) is 53.3 Å². The van der Waals surface area contributed by atoms with Gasteiger partial charge in [0.05, 0.1) is 11.5 Å². The molecule has 0 atom stereocenters. The van der Waals surface area contributed by atoms with Crippen LogP contribution in [-0.4, -0.2) is 22.2 Å². The zero-order valence-corrected chi connectivity index (χ0v) is 14.1. The molecule has 3 aromatic rings. The number of rotatable bonds is 5. The molecule has 0 spiro atoms. The Morgan fingerprint density at radius 3 is 2.48 bits per heavy atom. The highest BCUT2D eigenvalue weighted by Gasteiger charge is 2.13. The van der Waals surface area contributed by atoms with Gasteiger partial charge in [0.15, 0.2) is 5.69 Å². The molecule has 1 heterocycles. The molecule has 0 fully saturated rings. The van der Waals surface area contributed by atoms with Gasteiger partial charge in [-0.2, -0.15) is 5.10 Å². The van der Waals surface area contributed by atoms with E-state index in [4.69, 9.17) is 4.74 Å². The van der Waals surface area contributed by atoms with Gasteiger partial charge < -0.3 is 10.1 Å². The maximum atomic E-state index is 12.4. The fourth-order valence-electron chi connectivity index (χ4n) is 2.51. The number of carbonyl (C=O) groups excluding carboxylic acids is 1. The number of hydrogen-bond donors (Lipinski definition) is 2. The first-order valence-electron chi connectivity index (χ1n) is 8.06. The lowest BCUT2D eigenvalue weighted by Crippen LogP contribution is -2.26. The monoisotopic (exact) mass is 337 g/mol. The number of nitrogens with one attached hydrogen (secondary N) is 2. The van der Waals surface area contributed by atoms with E-state index in [0.717, 1.165) is 11.3 Å². The van der Waals surface area contributed by atoms with Crippen LogP contribution in [0.2, 0.25) is 0 Å². The first-order chi connectivity index (χ1) is 12.0. The van der Waals surface area contributed by atoms with Crippen molar-refractivity contribution in [2.75, 3.05) is 0 Å². The summed E-state index contributed by atoms with van der Waals surface area (Å²) in [5.41, 5.74) is 0.834. The molecule has 0 aliphatic carbocycles. The van der Waals surface area contributed by atoms with Crippen molar-refractivity contribution in [1.29, 1.82) is 0 Å². The average Bonchev–Trinajstić information content (AvgIpc) is 2.61. The van der Waals surface area contributed by atoms with Crippen LogP contribution in [0.25, 0.3) is 10.8 Å². The van der Waals surface area contributed by atoms with E-state index in [2.05, 4.69) is 15.5 Å². The highest BCUT2D eigenvalue weighted by Crippen LogP contribution is 2.15. The number of aromatic amines is 1. The molecule has 2 aromatic carbocycles. The predicted octanol–water partition coefficient (Wildman–Crippen LogP) is 2.64. The van der Waals surface area contributed by atoms with Crippen LogP contribution in [0, 0.1) is 0 Å². The molecule has 3 rings (SSSR count). The molecule has 1 aromatic heterocycles. The second kappa shape index (κ2) is 7.17. The molecule has 2 N–H and O–H groups in total. The quantitative estimate of drug-likeness (QED) is 0.749. The van der Waals surface area contributed by atoms with Crippen LogP contribution >= 0.6 is 0 Å². The van der Waals surface area contributed by atoms with E-state index in [9.17, 15) is 9.59 Å². The van der Waals surface area contributed by atoms with Gasteiger partial charge >= 0.3 is 0 Å². The van der Waals surface area contributed by atoms with E-state index in [-0.39, 0.29) is 23.3 Å². The smallest absolute Gasteiger partial charge is 0.272 e. The van der Waals surface area contributed by atoms with E-state index in [1.807, 2.05) is 38.1 Å². The Labute approximate surface area is 144 Å². The molecular formula is C19H19N3O3. The molecule has 1 amide bonds. The minimum Gasteiger partial charge on any atom is -0.491 e. The van der Waals surface area contributed by atoms with E-state index in [0.29, 0.717) is 17.3 Å². The molecule has 0 aliphatic rings. The third-order valence-corrected chi connectivity index (χ3v) is 3.66. The fraction of sp³-hybridized carbons (Fsp3) is 0.211. The number of ether oxygens (including phenoxy) is 1.